The SMILES string of the molecule is OCCN1CC(n2cc(Nc3ncc(F)c(-c4ccc5nc(N6CC7C[C@H]6CO7)ncc5c4)n3)cn2)C1. The fourth-order valence-corrected chi connectivity index (χ4v) is 5.35. The van der Waals surface area contributed by atoms with Gasteiger partial charge in [0.25, 0.3) is 0 Å². The third-order valence-electron chi connectivity index (χ3n) is 7.33. The lowest BCUT2D eigenvalue weighted by Crippen LogP contribution is -2.48. The lowest BCUT2D eigenvalue weighted by Gasteiger charge is -2.38. The van der Waals surface area contributed by atoms with Crippen LogP contribution in [0.15, 0.2) is 43.0 Å². The predicted molar refractivity (Wildman–Crippen MR) is 134 cm³/mol. The molecule has 1 aromatic carbocycles. The van der Waals surface area contributed by atoms with Gasteiger partial charge in [-0.3, -0.25) is 9.58 Å². The number of hydrogen-bond acceptors (Lipinski definition) is 10. The van der Waals surface area contributed by atoms with E-state index in [0.717, 1.165) is 49.3 Å². The Morgan fingerprint density at radius 2 is 2.00 bits per heavy atom. The fourth-order valence-electron chi connectivity index (χ4n) is 5.35. The molecule has 3 fully saturated rings. The molecule has 2 atom stereocenters. The van der Waals surface area contributed by atoms with E-state index < -0.39 is 5.82 Å². The molecule has 3 saturated heterocycles. The second-order valence-electron chi connectivity index (χ2n) is 9.80. The summed E-state index contributed by atoms with van der Waals surface area (Å²) in [7, 11) is 0. The maximum absolute atomic E-state index is 14.8. The van der Waals surface area contributed by atoms with Gasteiger partial charge in [0.2, 0.25) is 11.9 Å². The smallest absolute Gasteiger partial charge is 0.228 e. The summed E-state index contributed by atoms with van der Waals surface area (Å²) in [6.07, 6.45) is 7.82. The van der Waals surface area contributed by atoms with Crippen LogP contribution in [-0.4, -0.2) is 91.3 Å². The molecule has 7 rings (SSSR count). The van der Waals surface area contributed by atoms with Gasteiger partial charge in [0, 0.05) is 49.5 Å². The molecule has 190 valence electrons. The fraction of sp³-hybridized carbons (Fsp3) is 0.400. The van der Waals surface area contributed by atoms with E-state index in [1.807, 2.05) is 29.1 Å². The van der Waals surface area contributed by atoms with Crippen LogP contribution < -0.4 is 10.2 Å². The summed E-state index contributed by atoms with van der Waals surface area (Å²) in [6.45, 7) is 4.06. The van der Waals surface area contributed by atoms with E-state index in [1.165, 1.54) is 6.20 Å². The molecule has 11 nitrogen and oxygen atoms in total. The van der Waals surface area contributed by atoms with Crippen molar-refractivity contribution in [3.8, 4) is 11.3 Å². The molecule has 3 aliphatic heterocycles. The number of hydrogen-bond donors (Lipinski definition) is 2. The van der Waals surface area contributed by atoms with Crippen LogP contribution in [0, 0.1) is 5.82 Å². The minimum absolute atomic E-state index is 0.156. The monoisotopic (exact) mass is 503 g/mol. The maximum atomic E-state index is 14.8. The molecule has 3 aliphatic rings. The highest BCUT2D eigenvalue weighted by molar-refractivity contribution is 5.84. The number of anilines is 3. The lowest BCUT2D eigenvalue weighted by atomic mass is 10.1. The number of aliphatic hydroxyl groups is 1. The van der Waals surface area contributed by atoms with Gasteiger partial charge in [-0.2, -0.15) is 5.10 Å². The highest BCUT2D eigenvalue weighted by atomic mass is 19.1. The minimum Gasteiger partial charge on any atom is -0.395 e. The van der Waals surface area contributed by atoms with Crippen LogP contribution >= 0.6 is 0 Å². The highest BCUT2D eigenvalue weighted by Crippen LogP contribution is 2.32. The Morgan fingerprint density at radius 1 is 1.08 bits per heavy atom. The van der Waals surface area contributed by atoms with Gasteiger partial charge in [0.05, 0.1) is 55.0 Å². The minimum atomic E-state index is -0.510. The molecule has 0 amide bonds. The number of rotatable bonds is 7. The Hall–Kier alpha value is -3.74. The molecule has 4 aromatic rings. The molecule has 1 unspecified atom stereocenters. The molecule has 37 heavy (non-hydrogen) atoms. The molecular formula is C25H26FN9O2. The second-order valence-corrected chi connectivity index (χ2v) is 9.80. The van der Waals surface area contributed by atoms with E-state index >= 15 is 0 Å². The summed E-state index contributed by atoms with van der Waals surface area (Å²) in [5, 5.41) is 17.4. The molecule has 0 radical (unpaired) electrons. The van der Waals surface area contributed by atoms with Crippen molar-refractivity contribution >= 4 is 28.5 Å². The lowest BCUT2D eigenvalue weighted by molar-refractivity contribution is 0.0774. The number of halogens is 1. The average Bonchev–Trinajstić information content (AvgIpc) is 3.64. The van der Waals surface area contributed by atoms with Crippen LogP contribution in [0.4, 0.5) is 22.0 Å². The first kappa shape index (κ1) is 22.5. The van der Waals surface area contributed by atoms with Crippen molar-refractivity contribution < 1.29 is 14.2 Å². The normalized spacial score (nSPS) is 21.6. The molecular weight excluding hydrogens is 477 g/mol. The van der Waals surface area contributed by atoms with E-state index in [-0.39, 0.29) is 30.4 Å². The summed E-state index contributed by atoms with van der Waals surface area (Å²) in [5.41, 5.74) is 2.34. The third kappa shape index (κ3) is 4.16. The molecule has 0 saturated carbocycles. The third-order valence-corrected chi connectivity index (χ3v) is 7.33. The number of nitrogens with one attached hydrogen (secondary N) is 1. The van der Waals surface area contributed by atoms with Crippen LogP contribution in [0.2, 0.25) is 0 Å². The standard InChI is InChI=1S/C25H26FN9O2/c26-21-9-27-24(30-17-8-29-35(10-17)19-11-33(12-19)3-4-36)32-23(21)15-1-2-22-16(5-15)7-28-25(31-22)34-13-20-6-18(34)14-37-20/h1-2,5,7-10,18-20,36H,3-4,6,11-14H2,(H,27,30,32)/t18-,20?/m0/s1. The van der Waals surface area contributed by atoms with Crippen molar-refractivity contribution in [1.82, 2.24) is 34.6 Å². The second kappa shape index (κ2) is 8.98. The van der Waals surface area contributed by atoms with Crippen molar-refractivity contribution in [3.63, 3.8) is 0 Å². The Bertz CT molecular complexity index is 1460. The van der Waals surface area contributed by atoms with Gasteiger partial charge >= 0.3 is 0 Å². The number of fused-ring (bicyclic) bond motifs is 3. The quantitative estimate of drug-likeness (QED) is 0.388. The van der Waals surface area contributed by atoms with Gasteiger partial charge in [-0.05, 0) is 18.6 Å². The van der Waals surface area contributed by atoms with Crippen molar-refractivity contribution in [2.45, 2.75) is 24.6 Å². The van der Waals surface area contributed by atoms with Gasteiger partial charge in [0.1, 0.15) is 5.69 Å². The van der Waals surface area contributed by atoms with Crippen LogP contribution in [-0.2, 0) is 4.74 Å². The Morgan fingerprint density at radius 3 is 2.81 bits per heavy atom. The number of morpholine rings is 1. The van der Waals surface area contributed by atoms with E-state index in [4.69, 9.17) is 14.8 Å². The number of β-amino-alcohol motifs (C(OH)–C–C–N with tert-alkyl or cyclic N) is 1. The molecule has 0 aliphatic carbocycles. The van der Waals surface area contributed by atoms with Gasteiger partial charge in [0.15, 0.2) is 5.82 Å². The van der Waals surface area contributed by atoms with Gasteiger partial charge in [-0.25, -0.2) is 24.3 Å². The van der Waals surface area contributed by atoms with E-state index in [2.05, 4.69) is 35.2 Å². The zero-order valence-corrected chi connectivity index (χ0v) is 20.0. The summed E-state index contributed by atoms with van der Waals surface area (Å²) < 4.78 is 22.3. The number of likely N-dealkylation sites (tertiary alicyclic amines) is 1. The largest absolute Gasteiger partial charge is 0.395 e. The number of aromatic nitrogens is 6. The zero-order valence-electron chi connectivity index (χ0n) is 20.0. The molecule has 0 spiro atoms. The maximum Gasteiger partial charge on any atom is 0.228 e. The number of aliphatic hydroxyl groups excluding tert-OH is 1. The summed E-state index contributed by atoms with van der Waals surface area (Å²) in [4.78, 5) is 22.2. The molecule has 2 N–H and O–H groups in total. The predicted octanol–water partition coefficient (Wildman–Crippen LogP) is 1.99. The summed E-state index contributed by atoms with van der Waals surface area (Å²) >= 11 is 0. The number of benzene rings is 1. The van der Waals surface area contributed by atoms with Crippen LogP contribution in [0.25, 0.3) is 22.2 Å². The van der Waals surface area contributed by atoms with Crippen molar-refractivity contribution in [2.24, 2.45) is 0 Å². The number of ether oxygens (including phenoxy) is 1. The van der Waals surface area contributed by atoms with Crippen LogP contribution in [0.3, 0.4) is 0 Å². The molecule has 3 aromatic heterocycles. The Balaban J connectivity index is 1.09. The molecule has 2 bridgehead atoms. The van der Waals surface area contributed by atoms with E-state index in [0.29, 0.717) is 24.1 Å². The Labute approximate surface area is 211 Å². The van der Waals surface area contributed by atoms with Crippen LogP contribution in [0.1, 0.15) is 12.5 Å². The first-order valence-electron chi connectivity index (χ1n) is 12.5. The topological polar surface area (TPSA) is 117 Å². The van der Waals surface area contributed by atoms with Crippen LogP contribution in [0.5, 0.6) is 0 Å². The first-order valence-corrected chi connectivity index (χ1v) is 12.5. The van der Waals surface area contributed by atoms with E-state index in [1.54, 1.807) is 12.4 Å². The van der Waals surface area contributed by atoms with Crippen molar-refractivity contribution in [2.75, 3.05) is 49.6 Å². The van der Waals surface area contributed by atoms with Gasteiger partial charge in [-0.1, -0.05) is 6.07 Å². The van der Waals surface area contributed by atoms with Gasteiger partial charge < -0.3 is 20.1 Å². The molecule has 6 heterocycles. The van der Waals surface area contributed by atoms with E-state index in [9.17, 15) is 4.39 Å². The first-order chi connectivity index (χ1) is 18.1. The highest BCUT2D eigenvalue weighted by Gasteiger charge is 2.40. The number of nitrogens with zero attached hydrogens (tertiary/aromatic N) is 8. The average molecular weight is 504 g/mol. The van der Waals surface area contributed by atoms with Gasteiger partial charge in [-0.15, -0.1) is 0 Å². The Kier molecular flexibility index (Phi) is 5.45. The summed E-state index contributed by atoms with van der Waals surface area (Å²) in [5.74, 6) is 0.480. The molecule has 12 heteroatoms. The van der Waals surface area contributed by atoms with Crippen molar-refractivity contribution in [3.05, 3.63) is 48.8 Å². The summed E-state index contributed by atoms with van der Waals surface area (Å²) in [6, 6.07) is 6.14. The zero-order chi connectivity index (χ0) is 24.9. The van der Waals surface area contributed by atoms with Crippen molar-refractivity contribution in [1.29, 1.82) is 0 Å².